The van der Waals surface area contributed by atoms with Gasteiger partial charge in [-0.1, -0.05) is 24.3 Å². The van der Waals surface area contributed by atoms with Crippen molar-refractivity contribution in [2.45, 2.75) is 20.8 Å². The molecule has 2 amide bonds. The van der Waals surface area contributed by atoms with E-state index in [0.29, 0.717) is 11.3 Å². The first-order chi connectivity index (χ1) is 12.4. The summed E-state index contributed by atoms with van der Waals surface area (Å²) in [5, 5.41) is 0.809. The standard InChI is InChI=1S/C20H21N3O3/c1-12-8-13(2)10-15(9-12)26-11-18(24)22-23-20(25)19-14(3)21-17-7-5-4-6-16(17)19/h4-10,21H,11H2,1-3H3,(H,22,24)(H,23,25). The van der Waals surface area contributed by atoms with Crippen LogP contribution >= 0.6 is 0 Å². The van der Waals surface area contributed by atoms with Gasteiger partial charge in [0.2, 0.25) is 0 Å². The molecule has 0 radical (unpaired) electrons. The van der Waals surface area contributed by atoms with Gasteiger partial charge in [-0.25, -0.2) is 0 Å². The zero-order chi connectivity index (χ0) is 18.7. The van der Waals surface area contributed by atoms with E-state index in [4.69, 9.17) is 4.74 Å². The van der Waals surface area contributed by atoms with Crippen LogP contribution in [0.3, 0.4) is 0 Å². The molecule has 0 saturated heterocycles. The van der Waals surface area contributed by atoms with Gasteiger partial charge in [0, 0.05) is 16.6 Å². The zero-order valence-electron chi connectivity index (χ0n) is 15.0. The van der Waals surface area contributed by atoms with Crippen molar-refractivity contribution in [3.63, 3.8) is 0 Å². The molecule has 2 aromatic carbocycles. The first-order valence-corrected chi connectivity index (χ1v) is 8.31. The van der Waals surface area contributed by atoms with Crippen LogP contribution in [0, 0.1) is 20.8 Å². The van der Waals surface area contributed by atoms with Crippen LogP contribution in [0.4, 0.5) is 0 Å². The van der Waals surface area contributed by atoms with E-state index in [0.717, 1.165) is 27.7 Å². The predicted molar refractivity (Wildman–Crippen MR) is 100 cm³/mol. The quantitative estimate of drug-likeness (QED) is 0.632. The number of rotatable bonds is 4. The monoisotopic (exact) mass is 351 g/mol. The van der Waals surface area contributed by atoms with Gasteiger partial charge >= 0.3 is 0 Å². The number of carbonyl (C=O) groups is 2. The van der Waals surface area contributed by atoms with Crippen LogP contribution in [0.15, 0.2) is 42.5 Å². The zero-order valence-corrected chi connectivity index (χ0v) is 15.0. The fraction of sp³-hybridized carbons (Fsp3) is 0.200. The molecule has 6 heteroatoms. The molecule has 6 nitrogen and oxygen atoms in total. The van der Waals surface area contributed by atoms with Crippen molar-refractivity contribution in [2.75, 3.05) is 6.61 Å². The highest BCUT2D eigenvalue weighted by Gasteiger charge is 2.16. The summed E-state index contributed by atoms with van der Waals surface area (Å²) in [4.78, 5) is 27.5. The molecule has 0 aliphatic rings. The van der Waals surface area contributed by atoms with Gasteiger partial charge in [0.15, 0.2) is 6.61 Å². The van der Waals surface area contributed by atoms with E-state index in [1.165, 1.54) is 0 Å². The number of carbonyl (C=O) groups excluding carboxylic acids is 2. The molecular weight excluding hydrogens is 330 g/mol. The Morgan fingerprint density at radius 3 is 2.42 bits per heavy atom. The lowest BCUT2D eigenvalue weighted by Crippen LogP contribution is -2.44. The molecule has 0 aliphatic carbocycles. The minimum Gasteiger partial charge on any atom is -0.484 e. The topological polar surface area (TPSA) is 83.2 Å². The first kappa shape index (κ1) is 17.5. The summed E-state index contributed by atoms with van der Waals surface area (Å²) in [5.41, 5.74) is 9.07. The van der Waals surface area contributed by atoms with Crippen LogP contribution in [-0.4, -0.2) is 23.4 Å². The summed E-state index contributed by atoms with van der Waals surface area (Å²) in [7, 11) is 0. The summed E-state index contributed by atoms with van der Waals surface area (Å²) < 4.78 is 5.48. The number of aromatic nitrogens is 1. The Balaban J connectivity index is 1.58. The predicted octanol–water partition coefficient (Wildman–Crippen LogP) is 2.93. The first-order valence-electron chi connectivity index (χ1n) is 8.31. The maximum atomic E-state index is 12.4. The minimum atomic E-state index is -0.435. The molecule has 0 bridgehead atoms. The van der Waals surface area contributed by atoms with E-state index in [1.54, 1.807) is 0 Å². The van der Waals surface area contributed by atoms with Gasteiger partial charge in [-0.15, -0.1) is 0 Å². The van der Waals surface area contributed by atoms with E-state index in [-0.39, 0.29) is 12.5 Å². The number of fused-ring (bicyclic) bond motifs is 1. The number of aromatic amines is 1. The Kier molecular flexibility index (Phi) is 4.93. The molecule has 3 rings (SSSR count). The van der Waals surface area contributed by atoms with Crippen molar-refractivity contribution in [1.29, 1.82) is 0 Å². The molecule has 0 unspecified atom stereocenters. The molecule has 134 valence electrons. The highest BCUT2D eigenvalue weighted by molar-refractivity contribution is 6.08. The van der Waals surface area contributed by atoms with Gasteiger partial charge < -0.3 is 9.72 Å². The molecule has 3 aromatic rings. The van der Waals surface area contributed by atoms with Crippen molar-refractivity contribution >= 4 is 22.7 Å². The molecule has 26 heavy (non-hydrogen) atoms. The van der Waals surface area contributed by atoms with Crippen molar-refractivity contribution in [3.8, 4) is 5.75 Å². The van der Waals surface area contributed by atoms with Crippen molar-refractivity contribution in [3.05, 3.63) is 64.8 Å². The van der Waals surface area contributed by atoms with Crippen molar-refractivity contribution in [2.24, 2.45) is 0 Å². The number of ether oxygens (including phenoxy) is 1. The number of hydrazine groups is 1. The lowest BCUT2D eigenvalue weighted by molar-refractivity contribution is -0.123. The second-order valence-electron chi connectivity index (χ2n) is 6.28. The molecule has 1 heterocycles. The number of para-hydroxylation sites is 1. The fourth-order valence-corrected chi connectivity index (χ4v) is 2.96. The number of nitrogens with one attached hydrogen (secondary N) is 3. The Morgan fingerprint density at radius 2 is 1.69 bits per heavy atom. The number of amides is 2. The number of aryl methyl sites for hydroxylation is 3. The van der Waals surface area contributed by atoms with Gasteiger partial charge in [-0.3, -0.25) is 20.4 Å². The largest absolute Gasteiger partial charge is 0.484 e. The Hall–Kier alpha value is -3.28. The van der Waals surface area contributed by atoms with Gasteiger partial charge in [0.1, 0.15) is 5.75 Å². The van der Waals surface area contributed by atoms with E-state index < -0.39 is 5.91 Å². The molecule has 0 aliphatic heterocycles. The Labute approximate surface area is 151 Å². The van der Waals surface area contributed by atoms with Crippen LogP contribution in [0.2, 0.25) is 0 Å². The summed E-state index contributed by atoms with van der Waals surface area (Å²) in [6.45, 7) is 5.56. The Morgan fingerprint density at radius 1 is 1.00 bits per heavy atom. The van der Waals surface area contributed by atoms with E-state index >= 15 is 0 Å². The molecule has 0 fully saturated rings. The third-order valence-electron chi connectivity index (χ3n) is 4.00. The van der Waals surface area contributed by atoms with Crippen LogP contribution in [0.5, 0.6) is 5.75 Å². The Bertz CT molecular complexity index is 955. The molecule has 0 saturated carbocycles. The van der Waals surface area contributed by atoms with Gasteiger partial charge in [-0.05, 0) is 50.1 Å². The average Bonchev–Trinajstić information content (AvgIpc) is 2.93. The SMILES string of the molecule is Cc1cc(C)cc(OCC(=O)NNC(=O)c2c(C)[nH]c3ccccc23)c1. The number of hydrogen-bond acceptors (Lipinski definition) is 3. The maximum Gasteiger partial charge on any atom is 0.276 e. The highest BCUT2D eigenvalue weighted by Crippen LogP contribution is 2.21. The molecule has 3 N–H and O–H groups in total. The normalized spacial score (nSPS) is 10.6. The van der Waals surface area contributed by atoms with E-state index in [1.807, 2.05) is 63.2 Å². The average molecular weight is 351 g/mol. The van der Waals surface area contributed by atoms with Gasteiger partial charge in [0.25, 0.3) is 11.8 Å². The minimum absolute atomic E-state index is 0.184. The highest BCUT2D eigenvalue weighted by atomic mass is 16.5. The van der Waals surface area contributed by atoms with E-state index in [2.05, 4.69) is 15.8 Å². The lowest BCUT2D eigenvalue weighted by Gasteiger charge is -2.10. The van der Waals surface area contributed by atoms with Crippen LogP contribution in [-0.2, 0) is 4.79 Å². The fourth-order valence-electron chi connectivity index (χ4n) is 2.96. The van der Waals surface area contributed by atoms with Gasteiger partial charge in [-0.2, -0.15) is 0 Å². The number of H-pyrrole nitrogens is 1. The van der Waals surface area contributed by atoms with Crippen LogP contribution in [0.1, 0.15) is 27.2 Å². The summed E-state index contributed by atoms with van der Waals surface area (Å²) >= 11 is 0. The second kappa shape index (κ2) is 7.31. The maximum absolute atomic E-state index is 12.4. The second-order valence-corrected chi connectivity index (χ2v) is 6.28. The summed E-state index contributed by atoms with van der Waals surface area (Å²) in [6, 6.07) is 13.3. The summed E-state index contributed by atoms with van der Waals surface area (Å²) in [5.74, 6) is -0.189. The third-order valence-corrected chi connectivity index (χ3v) is 4.00. The number of hydrogen-bond donors (Lipinski definition) is 3. The molecule has 1 aromatic heterocycles. The van der Waals surface area contributed by atoms with Crippen LogP contribution in [0.25, 0.3) is 10.9 Å². The molecular formula is C20H21N3O3. The smallest absolute Gasteiger partial charge is 0.276 e. The van der Waals surface area contributed by atoms with Crippen LogP contribution < -0.4 is 15.6 Å². The summed E-state index contributed by atoms with van der Waals surface area (Å²) in [6.07, 6.45) is 0. The third kappa shape index (κ3) is 3.85. The van der Waals surface area contributed by atoms with Crippen molar-refractivity contribution in [1.82, 2.24) is 15.8 Å². The van der Waals surface area contributed by atoms with Gasteiger partial charge in [0.05, 0.1) is 5.56 Å². The number of benzene rings is 2. The molecule has 0 spiro atoms. The van der Waals surface area contributed by atoms with E-state index in [9.17, 15) is 9.59 Å². The molecule has 0 atom stereocenters. The lowest BCUT2D eigenvalue weighted by atomic mass is 10.1. The van der Waals surface area contributed by atoms with Crippen molar-refractivity contribution < 1.29 is 14.3 Å².